The molecule has 1 N–H and O–H groups in total. The zero-order chi connectivity index (χ0) is 20.9. The fourth-order valence-electron chi connectivity index (χ4n) is 4.01. The Hall–Kier alpha value is -3.15. The summed E-state index contributed by atoms with van der Waals surface area (Å²) in [6.07, 6.45) is 3.60. The van der Waals surface area contributed by atoms with Crippen LogP contribution in [0.5, 0.6) is 0 Å². The highest BCUT2D eigenvalue weighted by Gasteiger charge is 2.30. The summed E-state index contributed by atoms with van der Waals surface area (Å²) in [6, 6.07) is 16.7. The van der Waals surface area contributed by atoms with Crippen molar-refractivity contribution in [1.29, 1.82) is 0 Å². The van der Waals surface area contributed by atoms with E-state index in [1.54, 1.807) is 12.1 Å². The first-order valence-corrected chi connectivity index (χ1v) is 10.4. The molecule has 5 nitrogen and oxygen atoms in total. The molecule has 1 aliphatic heterocycles. The molecule has 156 valence electrons. The van der Waals surface area contributed by atoms with Crippen LogP contribution in [0.3, 0.4) is 0 Å². The number of halogens is 1. The normalized spacial score (nSPS) is 16.1. The van der Waals surface area contributed by atoms with Crippen LogP contribution in [-0.4, -0.2) is 40.1 Å². The fourth-order valence-corrected chi connectivity index (χ4v) is 4.01. The second kappa shape index (κ2) is 9.11. The number of urea groups is 1. The van der Waals surface area contributed by atoms with E-state index in [0.717, 1.165) is 36.5 Å². The number of carbonyl (C=O) groups is 1. The molecule has 2 heterocycles. The van der Waals surface area contributed by atoms with E-state index in [9.17, 15) is 9.18 Å². The summed E-state index contributed by atoms with van der Waals surface area (Å²) in [5, 5.41) is 3.03. The van der Waals surface area contributed by atoms with Gasteiger partial charge in [0.1, 0.15) is 11.6 Å². The molecule has 3 aromatic rings. The zero-order valence-electron chi connectivity index (χ0n) is 17.2. The third-order valence-corrected chi connectivity index (χ3v) is 5.71. The van der Waals surface area contributed by atoms with Gasteiger partial charge in [0.15, 0.2) is 0 Å². The molecular formula is C24H27FN4O. The summed E-state index contributed by atoms with van der Waals surface area (Å²) in [5.41, 5.74) is 3.32. The Morgan fingerprint density at radius 2 is 1.90 bits per heavy atom. The molecule has 1 atom stereocenters. The summed E-state index contributed by atoms with van der Waals surface area (Å²) in [7, 11) is 0. The number of imidazole rings is 1. The number of nitrogens with zero attached hydrogens (tertiary/aromatic N) is 3. The van der Waals surface area contributed by atoms with Crippen LogP contribution in [-0.2, 0) is 13.0 Å². The van der Waals surface area contributed by atoms with E-state index in [4.69, 9.17) is 0 Å². The number of amides is 2. The first-order valence-electron chi connectivity index (χ1n) is 10.4. The van der Waals surface area contributed by atoms with Crippen LogP contribution in [0.1, 0.15) is 35.0 Å². The predicted octanol–water partition coefficient (Wildman–Crippen LogP) is 4.12. The minimum Gasteiger partial charge on any atom is -0.338 e. The van der Waals surface area contributed by atoms with Crippen molar-refractivity contribution in [3.63, 3.8) is 0 Å². The molecule has 1 saturated heterocycles. The Balaban J connectivity index is 1.35. The van der Waals surface area contributed by atoms with Gasteiger partial charge in [0.05, 0.1) is 0 Å². The van der Waals surface area contributed by atoms with Gasteiger partial charge in [-0.25, -0.2) is 14.2 Å². The standard InChI is InChI=1S/C24H27FN4O/c1-18-15-27-23(29(18)16-20-7-9-22(25)10-8-20)21-12-14-28(17-21)24(30)26-13-11-19-5-3-2-4-6-19/h2-10,15,21H,11-14,16-17H2,1H3,(H,26,30). The third-order valence-electron chi connectivity index (χ3n) is 5.71. The SMILES string of the molecule is Cc1cnc(C2CCN(C(=O)NCCc3ccccc3)C2)n1Cc1ccc(F)cc1. The molecule has 1 aromatic heterocycles. The van der Waals surface area contributed by atoms with Crippen LogP contribution in [0.4, 0.5) is 9.18 Å². The third kappa shape index (κ3) is 4.70. The van der Waals surface area contributed by atoms with Crippen LogP contribution < -0.4 is 5.32 Å². The maximum absolute atomic E-state index is 13.2. The topological polar surface area (TPSA) is 50.2 Å². The van der Waals surface area contributed by atoms with Gasteiger partial charge in [-0.2, -0.15) is 0 Å². The van der Waals surface area contributed by atoms with Crippen molar-refractivity contribution in [2.45, 2.75) is 32.2 Å². The van der Waals surface area contributed by atoms with Crippen LogP contribution in [0, 0.1) is 12.7 Å². The first-order chi connectivity index (χ1) is 14.6. The summed E-state index contributed by atoms with van der Waals surface area (Å²) in [4.78, 5) is 19.1. The Labute approximate surface area is 176 Å². The molecule has 0 saturated carbocycles. The molecule has 2 amide bonds. The molecular weight excluding hydrogens is 379 g/mol. The molecule has 0 spiro atoms. The Kier molecular flexibility index (Phi) is 6.12. The Morgan fingerprint density at radius 3 is 2.67 bits per heavy atom. The zero-order valence-corrected chi connectivity index (χ0v) is 17.2. The number of nitrogens with one attached hydrogen (secondary N) is 1. The van der Waals surface area contributed by atoms with Gasteiger partial charge in [0.2, 0.25) is 0 Å². The van der Waals surface area contributed by atoms with E-state index in [2.05, 4.69) is 27.0 Å². The van der Waals surface area contributed by atoms with Gasteiger partial charge < -0.3 is 14.8 Å². The van der Waals surface area contributed by atoms with Crippen LogP contribution in [0.25, 0.3) is 0 Å². The highest BCUT2D eigenvalue weighted by Crippen LogP contribution is 2.27. The van der Waals surface area contributed by atoms with Crippen molar-refractivity contribution < 1.29 is 9.18 Å². The second-order valence-corrected chi connectivity index (χ2v) is 7.87. The number of carbonyl (C=O) groups excluding carboxylic acids is 1. The van der Waals surface area contributed by atoms with E-state index in [1.807, 2.05) is 36.2 Å². The molecule has 0 aliphatic carbocycles. The summed E-state index contributed by atoms with van der Waals surface area (Å²) < 4.78 is 15.4. The molecule has 1 aliphatic rings. The molecule has 0 bridgehead atoms. The van der Waals surface area contributed by atoms with Crippen LogP contribution >= 0.6 is 0 Å². The van der Waals surface area contributed by atoms with Crippen molar-refractivity contribution in [2.24, 2.45) is 0 Å². The van der Waals surface area contributed by atoms with Crippen molar-refractivity contribution >= 4 is 6.03 Å². The van der Waals surface area contributed by atoms with Gasteiger partial charge >= 0.3 is 6.03 Å². The molecule has 0 radical (unpaired) electrons. The number of rotatable bonds is 6. The Morgan fingerprint density at radius 1 is 1.13 bits per heavy atom. The number of aryl methyl sites for hydroxylation is 1. The lowest BCUT2D eigenvalue weighted by molar-refractivity contribution is 0.208. The summed E-state index contributed by atoms with van der Waals surface area (Å²) in [5.74, 6) is 0.974. The summed E-state index contributed by atoms with van der Waals surface area (Å²) in [6.45, 7) is 4.70. The maximum atomic E-state index is 13.2. The minimum absolute atomic E-state index is 0.0122. The van der Waals surface area contributed by atoms with E-state index in [-0.39, 0.29) is 17.8 Å². The average Bonchev–Trinajstić information content (AvgIpc) is 3.38. The highest BCUT2D eigenvalue weighted by molar-refractivity contribution is 5.74. The molecule has 1 unspecified atom stereocenters. The quantitative estimate of drug-likeness (QED) is 0.669. The molecule has 1 fully saturated rings. The molecule has 2 aromatic carbocycles. The number of hydrogen-bond donors (Lipinski definition) is 1. The lowest BCUT2D eigenvalue weighted by atomic mass is 10.1. The monoisotopic (exact) mass is 406 g/mol. The lowest BCUT2D eigenvalue weighted by Crippen LogP contribution is -2.39. The van der Waals surface area contributed by atoms with Crippen molar-refractivity contribution in [3.05, 3.63) is 89.3 Å². The van der Waals surface area contributed by atoms with Gasteiger partial charge in [0.25, 0.3) is 0 Å². The molecule has 30 heavy (non-hydrogen) atoms. The largest absolute Gasteiger partial charge is 0.338 e. The van der Waals surface area contributed by atoms with Crippen molar-refractivity contribution in [3.8, 4) is 0 Å². The molecule has 6 heteroatoms. The smallest absolute Gasteiger partial charge is 0.317 e. The highest BCUT2D eigenvalue weighted by atomic mass is 19.1. The van der Waals surface area contributed by atoms with Gasteiger partial charge in [-0.05, 0) is 43.0 Å². The molecule has 4 rings (SSSR count). The van der Waals surface area contributed by atoms with Gasteiger partial charge in [-0.1, -0.05) is 42.5 Å². The van der Waals surface area contributed by atoms with Crippen LogP contribution in [0.15, 0.2) is 60.8 Å². The summed E-state index contributed by atoms with van der Waals surface area (Å²) >= 11 is 0. The first kappa shape index (κ1) is 20.1. The van der Waals surface area contributed by atoms with E-state index < -0.39 is 0 Å². The lowest BCUT2D eigenvalue weighted by Gasteiger charge is -2.18. The van der Waals surface area contributed by atoms with Gasteiger partial charge in [-0.3, -0.25) is 0 Å². The fraction of sp³-hybridized carbons (Fsp3) is 0.333. The van der Waals surface area contributed by atoms with E-state index in [1.165, 1.54) is 17.7 Å². The van der Waals surface area contributed by atoms with Gasteiger partial charge in [-0.15, -0.1) is 0 Å². The number of hydrogen-bond acceptors (Lipinski definition) is 2. The van der Waals surface area contributed by atoms with E-state index >= 15 is 0 Å². The number of likely N-dealkylation sites (tertiary alicyclic amines) is 1. The number of benzene rings is 2. The predicted molar refractivity (Wildman–Crippen MR) is 115 cm³/mol. The van der Waals surface area contributed by atoms with E-state index in [0.29, 0.717) is 19.6 Å². The number of aromatic nitrogens is 2. The minimum atomic E-state index is -0.231. The van der Waals surface area contributed by atoms with Gasteiger partial charge in [0, 0.05) is 44.0 Å². The van der Waals surface area contributed by atoms with Crippen LogP contribution in [0.2, 0.25) is 0 Å². The Bertz CT molecular complexity index is 984. The van der Waals surface area contributed by atoms with Crippen molar-refractivity contribution in [2.75, 3.05) is 19.6 Å². The van der Waals surface area contributed by atoms with Crippen molar-refractivity contribution in [1.82, 2.24) is 19.8 Å². The average molecular weight is 407 g/mol. The maximum Gasteiger partial charge on any atom is 0.317 e. The second-order valence-electron chi connectivity index (χ2n) is 7.87.